The fourth-order valence-electron chi connectivity index (χ4n) is 2.41. The van der Waals surface area contributed by atoms with Gasteiger partial charge in [-0.15, -0.1) is 10.2 Å². The van der Waals surface area contributed by atoms with E-state index in [1.165, 1.54) is 0 Å². The van der Waals surface area contributed by atoms with Crippen molar-refractivity contribution in [3.63, 3.8) is 0 Å². The van der Waals surface area contributed by atoms with E-state index < -0.39 is 0 Å². The second kappa shape index (κ2) is 8.45. The van der Waals surface area contributed by atoms with Crippen LogP contribution in [0.2, 0.25) is 0 Å². The summed E-state index contributed by atoms with van der Waals surface area (Å²) in [6, 6.07) is 19.8. The Morgan fingerprint density at radius 3 is 2.41 bits per heavy atom. The van der Waals surface area contributed by atoms with Gasteiger partial charge >= 0.3 is 0 Å². The molecule has 0 saturated heterocycles. The van der Waals surface area contributed by atoms with Gasteiger partial charge in [0.15, 0.2) is 11.6 Å². The average molecular weight is 359 g/mol. The minimum Gasteiger partial charge on any atom is -0.497 e. The second-order valence-electron chi connectivity index (χ2n) is 5.66. The summed E-state index contributed by atoms with van der Waals surface area (Å²) >= 11 is 0. The van der Waals surface area contributed by atoms with Gasteiger partial charge in [-0.2, -0.15) is 5.26 Å². The molecule has 2 N–H and O–H groups in total. The van der Waals surface area contributed by atoms with E-state index in [9.17, 15) is 4.79 Å². The first-order chi connectivity index (χ1) is 13.2. The zero-order valence-electron chi connectivity index (χ0n) is 14.6. The van der Waals surface area contributed by atoms with Gasteiger partial charge in [-0.3, -0.25) is 4.79 Å². The number of aromatic nitrogens is 2. The molecule has 0 unspecified atom stereocenters. The van der Waals surface area contributed by atoms with E-state index in [1.807, 2.05) is 30.3 Å². The van der Waals surface area contributed by atoms with Crippen molar-refractivity contribution in [2.75, 3.05) is 17.7 Å². The quantitative estimate of drug-likeness (QED) is 0.700. The van der Waals surface area contributed by atoms with Crippen molar-refractivity contribution >= 4 is 23.2 Å². The number of benzene rings is 2. The van der Waals surface area contributed by atoms with Crippen molar-refractivity contribution in [2.45, 2.75) is 6.42 Å². The molecule has 0 spiro atoms. The summed E-state index contributed by atoms with van der Waals surface area (Å²) in [5.41, 5.74) is 2.02. The van der Waals surface area contributed by atoms with E-state index in [0.717, 1.165) is 11.3 Å². The van der Waals surface area contributed by atoms with Gasteiger partial charge in [0.05, 0.1) is 24.8 Å². The average Bonchev–Trinajstić information content (AvgIpc) is 2.70. The minimum absolute atomic E-state index is 0.190. The molecule has 0 radical (unpaired) electrons. The van der Waals surface area contributed by atoms with Gasteiger partial charge in [-0.05, 0) is 42.0 Å². The van der Waals surface area contributed by atoms with Crippen molar-refractivity contribution in [1.82, 2.24) is 10.2 Å². The molecular weight excluding hydrogens is 342 g/mol. The summed E-state index contributed by atoms with van der Waals surface area (Å²) in [6.45, 7) is 0. The van der Waals surface area contributed by atoms with Gasteiger partial charge < -0.3 is 15.4 Å². The third kappa shape index (κ3) is 4.80. The lowest BCUT2D eigenvalue weighted by Crippen LogP contribution is -2.15. The zero-order chi connectivity index (χ0) is 19.1. The maximum Gasteiger partial charge on any atom is 0.229 e. The topological polar surface area (TPSA) is 99.9 Å². The molecule has 1 amide bonds. The molecule has 3 aromatic rings. The van der Waals surface area contributed by atoms with E-state index in [1.54, 1.807) is 37.4 Å². The molecule has 0 aliphatic carbocycles. The molecule has 1 heterocycles. The molecular formula is C20H17N5O2. The standard InChI is InChI=1S/C20H17N5O2/c1-27-16-8-6-14(7-9-16)12-20(26)23-19-11-10-18(24-25-19)22-17-5-3-2-4-15(17)13-21/h2-11H,12H2,1H3,(H,22,24)(H,23,25,26). The summed E-state index contributed by atoms with van der Waals surface area (Å²) < 4.78 is 5.10. The summed E-state index contributed by atoms with van der Waals surface area (Å²) in [4.78, 5) is 12.1. The Balaban J connectivity index is 1.60. The number of nitrogens with one attached hydrogen (secondary N) is 2. The summed E-state index contributed by atoms with van der Waals surface area (Å²) in [5, 5.41) is 22.9. The van der Waals surface area contributed by atoms with Crippen molar-refractivity contribution in [2.24, 2.45) is 0 Å². The highest BCUT2D eigenvalue weighted by Crippen LogP contribution is 2.19. The lowest BCUT2D eigenvalue weighted by molar-refractivity contribution is -0.115. The maximum absolute atomic E-state index is 12.1. The SMILES string of the molecule is COc1ccc(CC(=O)Nc2ccc(Nc3ccccc3C#N)nn2)cc1. The largest absolute Gasteiger partial charge is 0.497 e. The first kappa shape index (κ1) is 17.9. The monoisotopic (exact) mass is 359 g/mol. The lowest BCUT2D eigenvalue weighted by Gasteiger charge is -2.08. The van der Waals surface area contributed by atoms with E-state index in [-0.39, 0.29) is 12.3 Å². The number of rotatable bonds is 6. The van der Waals surface area contributed by atoms with E-state index in [0.29, 0.717) is 22.9 Å². The number of hydrogen-bond donors (Lipinski definition) is 2. The summed E-state index contributed by atoms with van der Waals surface area (Å²) in [7, 11) is 1.60. The number of nitriles is 1. The van der Waals surface area contributed by atoms with Gasteiger partial charge in [-0.25, -0.2) is 0 Å². The first-order valence-electron chi connectivity index (χ1n) is 8.20. The number of hydrogen-bond acceptors (Lipinski definition) is 6. The van der Waals surface area contributed by atoms with Crippen LogP contribution in [-0.2, 0) is 11.2 Å². The molecule has 2 aromatic carbocycles. The molecule has 0 bridgehead atoms. The van der Waals surface area contributed by atoms with Crippen LogP contribution in [0.15, 0.2) is 60.7 Å². The van der Waals surface area contributed by atoms with Gasteiger partial charge in [0.2, 0.25) is 5.91 Å². The molecule has 0 atom stereocenters. The highest BCUT2D eigenvalue weighted by atomic mass is 16.5. The molecule has 7 heteroatoms. The van der Waals surface area contributed by atoms with Gasteiger partial charge in [0.1, 0.15) is 11.8 Å². The first-order valence-corrected chi connectivity index (χ1v) is 8.20. The van der Waals surface area contributed by atoms with Crippen LogP contribution in [0, 0.1) is 11.3 Å². The molecule has 0 fully saturated rings. The van der Waals surface area contributed by atoms with Crippen LogP contribution in [0.4, 0.5) is 17.3 Å². The number of ether oxygens (including phenoxy) is 1. The normalized spacial score (nSPS) is 9.93. The smallest absolute Gasteiger partial charge is 0.229 e. The molecule has 0 saturated carbocycles. The number of methoxy groups -OCH3 is 1. The lowest BCUT2D eigenvalue weighted by atomic mass is 10.1. The number of carbonyl (C=O) groups is 1. The van der Waals surface area contributed by atoms with Crippen LogP contribution < -0.4 is 15.4 Å². The van der Waals surface area contributed by atoms with Crippen LogP contribution in [0.1, 0.15) is 11.1 Å². The van der Waals surface area contributed by atoms with Gasteiger partial charge in [0, 0.05) is 0 Å². The predicted octanol–water partition coefficient (Wildman–Crippen LogP) is 3.28. The molecule has 1 aromatic heterocycles. The number of amides is 1. The number of nitrogens with zero attached hydrogens (tertiary/aromatic N) is 3. The number of carbonyl (C=O) groups excluding carboxylic acids is 1. The predicted molar refractivity (Wildman–Crippen MR) is 102 cm³/mol. The molecule has 7 nitrogen and oxygen atoms in total. The number of para-hydroxylation sites is 1. The fraction of sp³-hybridized carbons (Fsp3) is 0.100. The number of anilines is 3. The van der Waals surface area contributed by atoms with Gasteiger partial charge in [-0.1, -0.05) is 24.3 Å². The molecule has 27 heavy (non-hydrogen) atoms. The highest BCUT2D eigenvalue weighted by molar-refractivity contribution is 5.91. The Morgan fingerprint density at radius 1 is 1.04 bits per heavy atom. The van der Waals surface area contributed by atoms with Crippen molar-refractivity contribution in [1.29, 1.82) is 5.26 Å². The van der Waals surface area contributed by atoms with Crippen LogP contribution in [0.25, 0.3) is 0 Å². The second-order valence-corrected chi connectivity index (χ2v) is 5.66. The minimum atomic E-state index is -0.190. The Kier molecular flexibility index (Phi) is 5.60. The third-order valence-corrected chi connectivity index (χ3v) is 3.77. The summed E-state index contributed by atoms with van der Waals surface area (Å²) in [6.07, 6.45) is 0.223. The molecule has 0 aliphatic heterocycles. The Bertz CT molecular complexity index is 963. The van der Waals surface area contributed by atoms with E-state index in [2.05, 4.69) is 26.9 Å². The Morgan fingerprint density at radius 2 is 1.74 bits per heavy atom. The van der Waals surface area contributed by atoms with Gasteiger partial charge in [0.25, 0.3) is 0 Å². The van der Waals surface area contributed by atoms with Crippen molar-refractivity contribution < 1.29 is 9.53 Å². The fourth-order valence-corrected chi connectivity index (χ4v) is 2.41. The van der Waals surface area contributed by atoms with Crippen LogP contribution in [0.5, 0.6) is 5.75 Å². The molecule has 3 rings (SSSR count). The highest BCUT2D eigenvalue weighted by Gasteiger charge is 2.07. The van der Waals surface area contributed by atoms with E-state index >= 15 is 0 Å². The molecule has 0 aliphatic rings. The Labute approximate surface area is 156 Å². The molecule has 134 valence electrons. The summed E-state index contributed by atoms with van der Waals surface area (Å²) in [5.74, 6) is 1.38. The van der Waals surface area contributed by atoms with Crippen LogP contribution >= 0.6 is 0 Å². The Hall–Kier alpha value is -3.92. The van der Waals surface area contributed by atoms with Crippen molar-refractivity contribution in [3.8, 4) is 11.8 Å². The zero-order valence-corrected chi connectivity index (χ0v) is 14.6. The van der Waals surface area contributed by atoms with Crippen LogP contribution in [0.3, 0.4) is 0 Å². The van der Waals surface area contributed by atoms with E-state index in [4.69, 9.17) is 10.00 Å². The third-order valence-electron chi connectivity index (χ3n) is 3.77. The maximum atomic E-state index is 12.1. The van der Waals surface area contributed by atoms with Crippen LogP contribution in [-0.4, -0.2) is 23.2 Å². The van der Waals surface area contributed by atoms with Crippen molar-refractivity contribution in [3.05, 3.63) is 71.8 Å².